The maximum atomic E-state index is 4.27. The van der Waals surface area contributed by atoms with Crippen molar-refractivity contribution in [1.29, 1.82) is 0 Å². The fraction of sp³-hybridized carbons (Fsp3) is 0.538. The second kappa shape index (κ2) is 6.43. The molecule has 2 heterocycles. The Kier molecular flexibility index (Phi) is 5.11. The zero-order chi connectivity index (χ0) is 13.9. The van der Waals surface area contributed by atoms with Crippen LogP contribution in [0.3, 0.4) is 0 Å². The molecule has 0 saturated heterocycles. The molecule has 104 valence electrons. The molecule has 2 aromatic heterocycles. The fourth-order valence-corrected chi connectivity index (χ4v) is 3.90. The maximum absolute atomic E-state index is 4.27. The van der Waals surface area contributed by atoms with E-state index >= 15 is 0 Å². The van der Waals surface area contributed by atoms with Crippen LogP contribution in [0.1, 0.15) is 32.2 Å². The average molecular weight is 360 g/mol. The Hall–Kier alpha value is -0.300. The molecule has 0 fully saturated rings. The smallest absolute Gasteiger partial charge is 0.157 e. The molecule has 0 aliphatic heterocycles. The number of rotatable bonds is 5. The average Bonchev–Trinajstić information content (AvgIpc) is 2.92. The van der Waals surface area contributed by atoms with Crippen LogP contribution in [0.25, 0.3) is 9.88 Å². The maximum Gasteiger partial charge on any atom is 0.157 e. The number of hydrogen-bond donors (Lipinski definition) is 1. The summed E-state index contributed by atoms with van der Waals surface area (Å²) >= 11 is 6.87. The minimum atomic E-state index is 0.190. The van der Waals surface area contributed by atoms with Crippen molar-refractivity contribution in [2.45, 2.75) is 39.2 Å². The summed E-state index contributed by atoms with van der Waals surface area (Å²) in [5, 5.41) is 14.2. The van der Waals surface area contributed by atoms with Gasteiger partial charge in [0.05, 0.1) is 8.66 Å². The minimum Gasteiger partial charge on any atom is -0.312 e. The zero-order valence-electron chi connectivity index (χ0n) is 11.4. The molecule has 0 aliphatic carbocycles. The second-order valence-electron chi connectivity index (χ2n) is 5.39. The zero-order valence-corrected chi connectivity index (χ0v) is 14.6. The summed E-state index contributed by atoms with van der Waals surface area (Å²) in [5.41, 5.74) is 0.190. The van der Waals surface area contributed by atoms with Crippen LogP contribution in [0.5, 0.6) is 0 Å². The highest BCUT2D eigenvalue weighted by atomic mass is 79.9. The van der Waals surface area contributed by atoms with E-state index in [9.17, 15) is 0 Å². The minimum absolute atomic E-state index is 0.190. The summed E-state index contributed by atoms with van der Waals surface area (Å²) in [7, 11) is 0. The standard InChI is InChI=1S/C13H18BrN3S2/c1-13(2,3)15-8-4-5-11-16-17-12(19-11)9-6-7-10(14)18-9/h6-7,15H,4-5,8H2,1-3H3. The molecule has 0 radical (unpaired) electrons. The molecule has 0 saturated carbocycles. The Balaban J connectivity index is 1.85. The summed E-state index contributed by atoms with van der Waals surface area (Å²) < 4.78 is 1.13. The van der Waals surface area contributed by atoms with Gasteiger partial charge in [0.25, 0.3) is 0 Å². The quantitative estimate of drug-likeness (QED) is 0.806. The SMILES string of the molecule is CC(C)(C)NCCCc1nnc(-c2ccc(Br)s2)s1. The Bertz CT molecular complexity index is 528. The van der Waals surface area contributed by atoms with Crippen LogP contribution in [-0.2, 0) is 6.42 Å². The molecule has 0 aromatic carbocycles. The van der Waals surface area contributed by atoms with Gasteiger partial charge in [-0.25, -0.2) is 0 Å². The van der Waals surface area contributed by atoms with E-state index in [0.29, 0.717) is 0 Å². The molecule has 0 aliphatic rings. The number of hydrogen-bond acceptors (Lipinski definition) is 5. The highest BCUT2D eigenvalue weighted by Gasteiger charge is 2.10. The lowest BCUT2D eigenvalue weighted by atomic mass is 10.1. The monoisotopic (exact) mass is 359 g/mol. The Labute approximate surface area is 130 Å². The first kappa shape index (κ1) is 15.1. The number of nitrogens with zero attached hydrogens (tertiary/aromatic N) is 2. The number of nitrogens with one attached hydrogen (secondary N) is 1. The van der Waals surface area contributed by atoms with Crippen LogP contribution in [0, 0.1) is 0 Å². The first-order valence-corrected chi connectivity index (χ1v) is 8.70. The summed E-state index contributed by atoms with van der Waals surface area (Å²) in [4.78, 5) is 1.18. The third kappa shape index (κ3) is 4.95. The lowest BCUT2D eigenvalue weighted by Gasteiger charge is -2.20. The van der Waals surface area contributed by atoms with Crippen LogP contribution in [0.15, 0.2) is 15.9 Å². The Morgan fingerprint density at radius 3 is 2.63 bits per heavy atom. The van der Waals surface area contributed by atoms with E-state index in [0.717, 1.165) is 33.2 Å². The van der Waals surface area contributed by atoms with Crippen molar-refractivity contribution in [3.63, 3.8) is 0 Å². The summed E-state index contributed by atoms with van der Waals surface area (Å²) in [6, 6.07) is 4.13. The highest BCUT2D eigenvalue weighted by Crippen LogP contribution is 2.33. The molecule has 0 amide bonds. The predicted molar refractivity (Wildman–Crippen MR) is 87.0 cm³/mol. The van der Waals surface area contributed by atoms with Gasteiger partial charge >= 0.3 is 0 Å². The van der Waals surface area contributed by atoms with Gasteiger partial charge in [0, 0.05) is 12.0 Å². The molecule has 1 N–H and O–H groups in total. The van der Waals surface area contributed by atoms with Gasteiger partial charge in [-0.3, -0.25) is 0 Å². The second-order valence-corrected chi connectivity index (χ2v) is 8.91. The summed E-state index contributed by atoms with van der Waals surface area (Å²) in [6.45, 7) is 7.57. The summed E-state index contributed by atoms with van der Waals surface area (Å²) in [6.07, 6.45) is 2.09. The molecular formula is C13H18BrN3S2. The molecule has 2 aromatic rings. The van der Waals surface area contributed by atoms with E-state index < -0.39 is 0 Å². The molecule has 2 rings (SSSR count). The molecule has 6 heteroatoms. The van der Waals surface area contributed by atoms with Crippen LogP contribution in [0.4, 0.5) is 0 Å². The van der Waals surface area contributed by atoms with Crippen LogP contribution in [-0.4, -0.2) is 22.3 Å². The van der Waals surface area contributed by atoms with E-state index in [-0.39, 0.29) is 5.54 Å². The van der Waals surface area contributed by atoms with E-state index in [1.807, 2.05) is 6.07 Å². The van der Waals surface area contributed by atoms with Crippen LogP contribution < -0.4 is 5.32 Å². The van der Waals surface area contributed by atoms with Gasteiger partial charge in [0.1, 0.15) is 5.01 Å². The molecule has 3 nitrogen and oxygen atoms in total. The third-order valence-electron chi connectivity index (χ3n) is 2.47. The number of aromatic nitrogens is 2. The van der Waals surface area contributed by atoms with Gasteiger partial charge in [-0.05, 0) is 61.8 Å². The molecule has 0 bridgehead atoms. The first-order valence-electron chi connectivity index (χ1n) is 6.27. The van der Waals surface area contributed by atoms with Crippen molar-refractivity contribution in [2.75, 3.05) is 6.54 Å². The van der Waals surface area contributed by atoms with Crippen molar-refractivity contribution in [2.24, 2.45) is 0 Å². The van der Waals surface area contributed by atoms with Gasteiger partial charge in [0.2, 0.25) is 0 Å². The van der Waals surface area contributed by atoms with Crippen molar-refractivity contribution in [3.05, 3.63) is 20.9 Å². The predicted octanol–water partition coefficient (Wildman–Crippen LogP) is 4.35. The van der Waals surface area contributed by atoms with Crippen molar-refractivity contribution in [1.82, 2.24) is 15.5 Å². The number of halogens is 1. The molecule has 0 unspecified atom stereocenters. The topological polar surface area (TPSA) is 37.8 Å². The molecule has 19 heavy (non-hydrogen) atoms. The summed E-state index contributed by atoms with van der Waals surface area (Å²) in [5.74, 6) is 0. The number of aryl methyl sites for hydroxylation is 1. The highest BCUT2D eigenvalue weighted by molar-refractivity contribution is 9.11. The fourth-order valence-electron chi connectivity index (χ4n) is 1.59. The van der Waals surface area contributed by atoms with E-state index in [1.165, 1.54) is 4.88 Å². The number of thiophene rings is 1. The van der Waals surface area contributed by atoms with Gasteiger partial charge in [-0.1, -0.05) is 11.3 Å². The molecular weight excluding hydrogens is 342 g/mol. The Morgan fingerprint density at radius 2 is 2.00 bits per heavy atom. The molecule has 0 spiro atoms. The molecule has 0 atom stereocenters. The van der Waals surface area contributed by atoms with E-state index in [4.69, 9.17) is 0 Å². The van der Waals surface area contributed by atoms with Gasteiger partial charge in [-0.15, -0.1) is 21.5 Å². The first-order chi connectivity index (χ1) is 8.94. The Morgan fingerprint density at radius 1 is 1.21 bits per heavy atom. The van der Waals surface area contributed by atoms with Crippen LogP contribution in [0.2, 0.25) is 0 Å². The third-order valence-corrected chi connectivity index (χ3v) is 5.25. The lowest BCUT2D eigenvalue weighted by molar-refractivity contribution is 0.422. The van der Waals surface area contributed by atoms with Crippen LogP contribution >= 0.6 is 38.6 Å². The lowest BCUT2D eigenvalue weighted by Crippen LogP contribution is -2.36. The van der Waals surface area contributed by atoms with Crippen molar-refractivity contribution in [3.8, 4) is 9.88 Å². The van der Waals surface area contributed by atoms with Gasteiger partial charge < -0.3 is 5.32 Å². The normalized spacial score (nSPS) is 12.0. The van der Waals surface area contributed by atoms with Crippen molar-refractivity contribution >= 4 is 38.6 Å². The largest absolute Gasteiger partial charge is 0.312 e. The van der Waals surface area contributed by atoms with Gasteiger partial charge in [-0.2, -0.15) is 0 Å². The van der Waals surface area contributed by atoms with Crippen molar-refractivity contribution < 1.29 is 0 Å². The van der Waals surface area contributed by atoms with E-state index in [2.05, 4.69) is 58.3 Å². The van der Waals surface area contributed by atoms with Gasteiger partial charge in [0.15, 0.2) is 5.01 Å². The van der Waals surface area contributed by atoms with E-state index in [1.54, 1.807) is 22.7 Å².